The van der Waals surface area contributed by atoms with Gasteiger partial charge in [0.05, 0.1) is 6.61 Å². The fourth-order valence-electron chi connectivity index (χ4n) is 1.32. The third kappa shape index (κ3) is 1.31. The van der Waals surface area contributed by atoms with Crippen LogP contribution in [0.25, 0.3) is 0 Å². The van der Waals surface area contributed by atoms with E-state index in [2.05, 4.69) is 0 Å². The summed E-state index contributed by atoms with van der Waals surface area (Å²) in [5, 5.41) is 18.2. The highest BCUT2D eigenvalue weighted by Gasteiger charge is 2.38. The number of likely N-dealkylation sites (N-methyl/N-ethyl adjacent to an activating group) is 1. The maximum Gasteiger partial charge on any atom is 0.261 e. The minimum atomic E-state index is -0.772. The van der Waals surface area contributed by atoms with Gasteiger partial charge < -0.3 is 15.1 Å². The quantitative estimate of drug-likeness (QED) is 0.553. The molecule has 1 amide bonds. The highest BCUT2D eigenvalue weighted by molar-refractivity contribution is 6.20. The summed E-state index contributed by atoms with van der Waals surface area (Å²) in [6, 6.07) is -0.772. The minimum Gasteiger partial charge on any atom is -0.509 e. The summed E-state index contributed by atoms with van der Waals surface area (Å²) in [5.41, 5.74) is -0.221. The van der Waals surface area contributed by atoms with Gasteiger partial charge in [-0.25, -0.2) is 0 Å². The molecule has 0 aliphatic carbocycles. The molecule has 1 rings (SSSR count). The van der Waals surface area contributed by atoms with E-state index in [-0.39, 0.29) is 17.9 Å². The van der Waals surface area contributed by atoms with Crippen molar-refractivity contribution in [2.24, 2.45) is 0 Å². The second-order valence-electron chi connectivity index (χ2n) is 2.93. The van der Waals surface area contributed by atoms with Crippen molar-refractivity contribution < 1.29 is 19.8 Å². The van der Waals surface area contributed by atoms with E-state index in [1.165, 1.54) is 14.0 Å². The maximum atomic E-state index is 11.3. The molecule has 0 aromatic heterocycles. The molecule has 0 saturated heterocycles. The van der Waals surface area contributed by atoms with Crippen LogP contribution in [0.2, 0.25) is 0 Å². The van der Waals surface area contributed by atoms with Gasteiger partial charge in [0.25, 0.3) is 5.91 Å². The molecule has 0 aromatic carbocycles. The number of amides is 1. The number of aliphatic hydroxyl groups excluding tert-OH is 2. The first-order valence-electron chi connectivity index (χ1n) is 3.82. The van der Waals surface area contributed by atoms with E-state index in [0.29, 0.717) is 0 Å². The summed E-state index contributed by atoms with van der Waals surface area (Å²) in [4.78, 5) is 23.4. The van der Waals surface area contributed by atoms with Crippen molar-refractivity contribution in [2.45, 2.75) is 13.0 Å². The molecular weight excluding hydrogens is 174 g/mol. The molecule has 72 valence electrons. The highest BCUT2D eigenvalue weighted by Crippen LogP contribution is 2.22. The third-order valence-corrected chi connectivity index (χ3v) is 2.10. The molecule has 1 unspecified atom stereocenters. The van der Waals surface area contributed by atoms with E-state index in [9.17, 15) is 14.7 Å². The molecule has 5 nitrogen and oxygen atoms in total. The van der Waals surface area contributed by atoms with E-state index in [4.69, 9.17) is 5.11 Å². The minimum absolute atomic E-state index is 0.221. The molecule has 1 heterocycles. The van der Waals surface area contributed by atoms with Gasteiger partial charge in [0.2, 0.25) is 0 Å². The Hall–Kier alpha value is -1.36. The monoisotopic (exact) mass is 185 g/mol. The first kappa shape index (κ1) is 9.73. The first-order valence-corrected chi connectivity index (χ1v) is 3.82. The molecule has 0 saturated carbocycles. The Morgan fingerprint density at radius 1 is 1.62 bits per heavy atom. The van der Waals surface area contributed by atoms with Gasteiger partial charge >= 0.3 is 0 Å². The van der Waals surface area contributed by atoms with Crippen LogP contribution in [-0.2, 0) is 9.59 Å². The van der Waals surface area contributed by atoms with Crippen molar-refractivity contribution in [3.05, 3.63) is 11.3 Å². The lowest BCUT2D eigenvalue weighted by Crippen LogP contribution is -2.34. The molecule has 13 heavy (non-hydrogen) atoms. The van der Waals surface area contributed by atoms with Crippen molar-refractivity contribution in [3.8, 4) is 0 Å². The molecule has 2 N–H and O–H groups in total. The molecule has 0 fully saturated rings. The van der Waals surface area contributed by atoms with Gasteiger partial charge in [-0.1, -0.05) is 0 Å². The van der Waals surface area contributed by atoms with Gasteiger partial charge in [-0.05, 0) is 6.92 Å². The lowest BCUT2D eigenvalue weighted by Gasteiger charge is -2.17. The van der Waals surface area contributed by atoms with E-state index in [1.807, 2.05) is 0 Å². The van der Waals surface area contributed by atoms with Crippen LogP contribution in [-0.4, -0.2) is 46.5 Å². The molecule has 1 aliphatic rings. The second-order valence-corrected chi connectivity index (χ2v) is 2.93. The zero-order chi connectivity index (χ0) is 10.2. The number of ketones is 1. The summed E-state index contributed by atoms with van der Waals surface area (Å²) in [6.45, 7) is 0.821. The summed E-state index contributed by atoms with van der Waals surface area (Å²) in [6.07, 6.45) is 0. The van der Waals surface area contributed by atoms with Crippen LogP contribution < -0.4 is 0 Å². The second kappa shape index (κ2) is 3.18. The molecule has 0 bridgehead atoms. The summed E-state index contributed by atoms with van der Waals surface area (Å²) >= 11 is 0. The van der Waals surface area contributed by atoms with Gasteiger partial charge in [-0.2, -0.15) is 0 Å². The van der Waals surface area contributed by atoms with Crippen molar-refractivity contribution in [1.29, 1.82) is 0 Å². The van der Waals surface area contributed by atoms with Gasteiger partial charge in [0.15, 0.2) is 5.78 Å². The summed E-state index contributed by atoms with van der Waals surface area (Å²) in [5.74, 6) is -1.35. The van der Waals surface area contributed by atoms with Crippen molar-refractivity contribution in [2.75, 3.05) is 13.7 Å². The average Bonchev–Trinajstić information content (AvgIpc) is 2.24. The van der Waals surface area contributed by atoms with Crippen LogP contribution in [0.5, 0.6) is 0 Å². The van der Waals surface area contributed by atoms with Crippen LogP contribution in [0.4, 0.5) is 0 Å². The number of Topliss-reactive ketones (excluding diaryl/α,β-unsaturated/α-hetero) is 1. The topological polar surface area (TPSA) is 77.8 Å². The number of carbonyl (C=O) groups excluding carboxylic acids is 2. The predicted molar refractivity (Wildman–Crippen MR) is 44.0 cm³/mol. The Balaban J connectivity index is 3.11. The fraction of sp³-hybridized carbons (Fsp3) is 0.500. The van der Waals surface area contributed by atoms with E-state index in [0.717, 1.165) is 4.90 Å². The number of hydrogen-bond acceptors (Lipinski definition) is 4. The third-order valence-electron chi connectivity index (χ3n) is 2.10. The largest absolute Gasteiger partial charge is 0.509 e. The van der Waals surface area contributed by atoms with Gasteiger partial charge in [0.1, 0.15) is 17.4 Å². The average molecular weight is 185 g/mol. The van der Waals surface area contributed by atoms with E-state index in [1.54, 1.807) is 0 Å². The summed E-state index contributed by atoms with van der Waals surface area (Å²) in [7, 11) is 1.43. The van der Waals surface area contributed by atoms with Crippen LogP contribution in [0.15, 0.2) is 11.3 Å². The predicted octanol–water partition coefficient (Wildman–Crippen LogP) is -0.780. The van der Waals surface area contributed by atoms with Gasteiger partial charge in [-0.3, -0.25) is 9.59 Å². The Bertz CT molecular complexity index is 295. The Kier molecular flexibility index (Phi) is 2.38. The van der Waals surface area contributed by atoms with Crippen LogP contribution in [0.3, 0.4) is 0 Å². The molecule has 1 atom stereocenters. The number of aliphatic hydroxyl groups is 2. The fourth-order valence-corrected chi connectivity index (χ4v) is 1.32. The normalized spacial score (nSPS) is 22.8. The first-order chi connectivity index (χ1) is 6.00. The van der Waals surface area contributed by atoms with Crippen molar-refractivity contribution >= 4 is 11.7 Å². The lowest BCUT2D eigenvalue weighted by molar-refractivity contribution is -0.128. The lowest BCUT2D eigenvalue weighted by atomic mass is 10.1. The zero-order valence-electron chi connectivity index (χ0n) is 7.44. The van der Waals surface area contributed by atoms with E-state index >= 15 is 0 Å². The van der Waals surface area contributed by atoms with Crippen molar-refractivity contribution in [3.63, 3.8) is 0 Å². The SMILES string of the molecule is CC(=O)C1=C(O)C(CO)N(C)C1=O. The van der Waals surface area contributed by atoms with Gasteiger partial charge in [0, 0.05) is 7.05 Å². The van der Waals surface area contributed by atoms with Gasteiger partial charge in [-0.15, -0.1) is 0 Å². The Labute approximate surface area is 75.3 Å². The number of carbonyl (C=O) groups is 2. The molecule has 0 spiro atoms. The van der Waals surface area contributed by atoms with Crippen LogP contribution in [0, 0.1) is 0 Å². The Morgan fingerprint density at radius 2 is 2.15 bits per heavy atom. The molecule has 1 aliphatic heterocycles. The highest BCUT2D eigenvalue weighted by atomic mass is 16.3. The van der Waals surface area contributed by atoms with Crippen LogP contribution >= 0.6 is 0 Å². The molecular formula is C8H11NO4. The smallest absolute Gasteiger partial charge is 0.261 e. The standard InChI is InChI=1S/C8H11NO4/c1-4(11)6-7(12)5(3-10)9(2)8(6)13/h5,10,12H,3H2,1-2H3. The molecule has 0 aromatic rings. The number of nitrogens with zero attached hydrogens (tertiary/aromatic N) is 1. The van der Waals surface area contributed by atoms with Crippen molar-refractivity contribution in [1.82, 2.24) is 4.90 Å². The zero-order valence-corrected chi connectivity index (χ0v) is 7.44. The van der Waals surface area contributed by atoms with Crippen LogP contribution in [0.1, 0.15) is 6.92 Å². The Morgan fingerprint density at radius 3 is 2.38 bits per heavy atom. The molecule has 5 heteroatoms. The van der Waals surface area contributed by atoms with E-state index < -0.39 is 17.7 Å². The number of hydrogen-bond donors (Lipinski definition) is 2. The summed E-state index contributed by atoms with van der Waals surface area (Å²) < 4.78 is 0. The maximum absolute atomic E-state index is 11.3. The number of rotatable bonds is 2. The molecule has 0 radical (unpaired) electrons.